The normalized spacial score (nSPS) is 26.8. The number of nitrogens with two attached hydrogens (primary N) is 1. The van der Waals surface area contributed by atoms with Gasteiger partial charge in [0.25, 0.3) is 0 Å². The number of carboxylic acid groups (broad SMARTS) is 1. The summed E-state index contributed by atoms with van der Waals surface area (Å²) >= 11 is 1.11. The fourth-order valence-corrected chi connectivity index (χ4v) is 4.70. The van der Waals surface area contributed by atoms with Crippen LogP contribution in [0.15, 0.2) is 0 Å². The number of sulfone groups is 1. The lowest BCUT2D eigenvalue weighted by atomic mass is 10.0. The SMILES string of the molecule is CC1(NC(=O)CSC[C@H](N)C(=O)O)CCS(=O)(=O)C1. The van der Waals surface area contributed by atoms with Crippen LogP contribution in [0, 0.1) is 0 Å². The minimum Gasteiger partial charge on any atom is -0.480 e. The molecule has 0 aliphatic carbocycles. The summed E-state index contributed by atoms with van der Waals surface area (Å²) in [5.74, 6) is -1.18. The average Bonchev–Trinajstić information content (AvgIpc) is 2.52. The quantitative estimate of drug-likeness (QED) is 0.564. The fraction of sp³-hybridized carbons (Fsp3) is 0.800. The Bertz CT molecular complexity index is 465. The summed E-state index contributed by atoms with van der Waals surface area (Å²) in [6.45, 7) is 1.70. The minimum absolute atomic E-state index is 0.0505. The molecular formula is C10H18N2O5S2. The molecule has 1 aliphatic rings. The molecule has 0 spiro atoms. The predicted octanol–water partition coefficient (Wildman–Crippen LogP) is -1.18. The Hall–Kier alpha value is -0.800. The number of carbonyl (C=O) groups is 2. The smallest absolute Gasteiger partial charge is 0.321 e. The zero-order valence-corrected chi connectivity index (χ0v) is 12.2. The monoisotopic (exact) mass is 310 g/mol. The van der Waals surface area contributed by atoms with E-state index in [-0.39, 0.29) is 28.9 Å². The van der Waals surface area contributed by atoms with Gasteiger partial charge in [0, 0.05) is 5.75 Å². The highest BCUT2D eigenvalue weighted by Gasteiger charge is 2.39. The molecule has 0 radical (unpaired) electrons. The lowest BCUT2D eigenvalue weighted by Crippen LogP contribution is -2.47. The molecular weight excluding hydrogens is 292 g/mol. The third kappa shape index (κ3) is 5.37. The van der Waals surface area contributed by atoms with Gasteiger partial charge in [-0.3, -0.25) is 9.59 Å². The van der Waals surface area contributed by atoms with E-state index in [2.05, 4.69) is 5.32 Å². The summed E-state index contributed by atoms with van der Waals surface area (Å²) < 4.78 is 22.7. The number of aliphatic carboxylic acids is 1. The first kappa shape index (κ1) is 16.3. The van der Waals surface area contributed by atoms with Crippen LogP contribution in [0.2, 0.25) is 0 Å². The van der Waals surface area contributed by atoms with Gasteiger partial charge in [0.1, 0.15) is 6.04 Å². The van der Waals surface area contributed by atoms with Gasteiger partial charge in [-0.1, -0.05) is 0 Å². The summed E-state index contributed by atoms with van der Waals surface area (Å²) in [5, 5.41) is 11.3. The molecule has 1 amide bonds. The number of hydrogen-bond acceptors (Lipinski definition) is 6. The van der Waals surface area contributed by atoms with Crippen LogP contribution in [-0.2, 0) is 19.4 Å². The van der Waals surface area contributed by atoms with Crippen molar-refractivity contribution in [1.29, 1.82) is 0 Å². The van der Waals surface area contributed by atoms with Crippen molar-refractivity contribution in [2.75, 3.05) is 23.0 Å². The number of rotatable bonds is 6. The number of amides is 1. The van der Waals surface area contributed by atoms with Crippen LogP contribution in [-0.4, -0.2) is 60.0 Å². The van der Waals surface area contributed by atoms with Crippen molar-refractivity contribution in [3.05, 3.63) is 0 Å². The van der Waals surface area contributed by atoms with Crippen molar-refractivity contribution in [1.82, 2.24) is 5.32 Å². The number of hydrogen-bond donors (Lipinski definition) is 3. The molecule has 1 aliphatic heterocycles. The Labute approximate surface area is 116 Å². The zero-order valence-electron chi connectivity index (χ0n) is 10.6. The number of thioether (sulfide) groups is 1. The van der Waals surface area contributed by atoms with Gasteiger partial charge in [-0.05, 0) is 13.3 Å². The second-order valence-corrected chi connectivity index (χ2v) is 8.13. The molecule has 1 saturated heterocycles. The molecule has 2 atom stereocenters. The number of nitrogens with one attached hydrogen (secondary N) is 1. The van der Waals surface area contributed by atoms with E-state index in [4.69, 9.17) is 10.8 Å². The van der Waals surface area contributed by atoms with Crippen LogP contribution in [0.1, 0.15) is 13.3 Å². The molecule has 1 heterocycles. The molecule has 0 aromatic carbocycles. The average molecular weight is 310 g/mol. The third-order valence-electron chi connectivity index (χ3n) is 2.79. The largest absolute Gasteiger partial charge is 0.480 e. The molecule has 0 bridgehead atoms. The van der Waals surface area contributed by atoms with Gasteiger partial charge in [0.2, 0.25) is 5.91 Å². The first-order valence-electron chi connectivity index (χ1n) is 5.71. The molecule has 19 heavy (non-hydrogen) atoms. The van der Waals surface area contributed by atoms with Crippen molar-refractivity contribution < 1.29 is 23.1 Å². The van der Waals surface area contributed by atoms with Crippen molar-refractivity contribution in [2.45, 2.75) is 24.9 Å². The highest BCUT2D eigenvalue weighted by molar-refractivity contribution is 8.00. The molecule has 0 aromatic rings. The summed E-state index contributed by atoms with van der Waals surface area (Å²) in [6.07, 6.45) is 0.403. The van der Waals surface area contributed by atoms with Crippen LogP contribution < -0.4 is 11.1 Å². The maximum absolute atomic E-state index is 11.7. The van der Waals surface area contributed by atoms with Crippen LogP contribution in [0.3, 0.4) is 0 Å². The maximum atomic E-state index is 11.7. The lowest BCUT2D eigenvalue weighted by Gasteiger charge is -2.23. The molecule has 1 fully saturated rings. The van der Waals surface area contributed by atoms with Gasteiger partial charge in [-0.15, -0.1) is 11.8 Å². The second kappa shape index (κ2) is 6.10. The lowest BCUT2D eigenvalue weighted by molar-refractivity contribution is -0.138. The maximum Gasteiger partial charge on any atom is 0.321 e. The van der Waals surface area contributed by atoms with Gasteiger partial charge < -0.3 is 16.2 Å². The Balaban J connectivity index is 2.34. The highest BCUT2D eigenvalue weighted by atomic mass is 32.2. The van der Waals surface area contributed by atoms with Crippen molar-refractivity contribution >= 4 is 33.5 Å². The second-order valence-electron chi connectivity index (χ2n) is 4.91. The zero-order chi connectivity index (χ0) is 14.7. The van der Waals surface area contributed by atoms with Crippen molar-refractivity contribution in [2.24, 2.45) is 5.73 Å². The Morgan fingerprint density at radius 1 is 1.53 bits per heavy atom. The minimum atomic E-state index is -3.06. The summed E-state index contributed by atoms with van der Waals surface area (Å²) in [6, 6.07) is -1.000. The first-order valence-corrected chi connectivity index (χ1v) is 8.69. The molecule has 1 unspecified atom stereocenters. The van der Waals surface area contributed by atoms with Gasteiger partial charge in [-0.2, -0.15) is 0 Å². The van der Waals surface area contributed by atoms with E-state index < -0.39 is 27.4 Å². The van der Waals surface area contributed by atoms with Gasteiger partial charge in [0.15, 0.2) is 9.84 Å². The third-order valence-corrected chi connectivity index (χ3v) is 5.76. The van der Waals surface area contributed by atoms with E-state index in [0.29, 0.717) is 6.42 Å². The topological polar surface area (TPSA) is 127 Å². The van der Waals surface area contributed by atoms with Gasteiger partial charge in [0.05, 0.1) is 22.8 Å². The molecule has 9 heteroatoms. The Morgan fingerprint density at radius 2 is 2.16 bits per heavy atom. The van der Waals surface area contributed by atoms with E-state index in [9.17, 15) is 18.0 Å². The number of carboxylic acids is 1. The summed E-state index contributed by atoms with van der Waals surface area (Å²) in [5.41, 5.74) is 4.58. The van der Waals surface area contributed by atoms with E-state index in [1.54, 1.807) is 6.92 Å². The molecule has 0 aromatic heterocycles. The predicted molar refractivity (Wildman–Crippen MR) is 72.8 cm³/mol. The number of carbonyl (C=O) groups excluding carboxylic acids is 1. The highest BCUT2D eigenvalue weighted by Crippen LogP contribution is 2.22. The summed E-state index contributed by atoms with van der Waals surface area (Å²) in [7, 11) is -3.06. The molecule has 1 rings (SSSR count). The molecule has 0 saturated carbocycles. The Morgan fingerprint density at radius 3 is 2.63 bits per heavy atom. The van der Waals surface area contributed by atoms with E-state index in [0.717, 1.165) is 11.8 Å². The molecule has 110 valence electrons. The van der Waals surface area contributed by atoms with Crippen LogP contribution >= 0.6 is 11.8 Å². The van der Waals surface area contributed by atoms with Gasteiger partial charge >= 0.3 is 5.97 Å². The van der Waals surface area contributed by atoms with Gasteiger partial charge in [-0.25, -0.2) is 8.42 Å². The van der Waals surface area contributed by atoms with Crippen LogP contribution in [0.5, 0.6) is 0 Å². The van der Waals surface area contributed by atoms with Crippen LogP contribution in [0.25, 0.3) is 0 Å². The Kier molecular flexibility index (Phi) is 5.22. The van der Waals surface area contributed by atoms with Crippen LogP contribution in [0.4, 0.5) is 0 Å². The first-order chi connectivity index (χ1) is 8.64. The van der Waals surface area contributed by atoms with Crippen molar-refractivity contribution in [3.8, 4) is 0 Å². The fourth-order valence-electron chi connectivity index (χ4n) is 1.83. The molecule has 4 N–H and O–H groups in total. The van der Waals surface area contributed by atoms with E-state index in [1.165, 1.54) is 0 Å². The molecule has 7 nitrogen and oxygen atoms in total. The van der Waals surface area contributed by atoms with E-state index >= 15 is 0 Å². The standard InChI is InChI=1S/C10H18N2O5S2/c1-10(2-3-19(16,17)6-10)12-8(13)5-18-4-7(11)9(14)15/h7H,2-6,11H2,1H3,(H,12,13)(H,14,15)/t7-,10?/m0/s1. The summed E-state index contributed by atoms with van der Waals surface area (Å²) in [4.78, 5) is 22.1. The van der Waals surface area contributed by atoms with Crippen molar-refractivity contribution in [3.63, 3.8) is 0 Å². The van der Waals surface area contributed by atoms with E-state index in [1.807, 2.05) is 0 Å².